The summed E-state index contributed by atoms with van der Waals surface area (Å²) in [6.07, 6.45) is 1.47. The Morgan fingerprint density at radius 2 is 1.89 bits per heavy atom. The average Bonchev–Trinajstić information content (AvgIpc) is 2.28. The minimum absolute atomic E-state index is 0. The quantitative estimate of drug-likeness (QED) is 0.604. The van der Waals surface area contributed by atoms with Gasteiger partial charge in [-0.25, -0.2) is 13.4 Å². The van der Waals surface area contributed by atoms with Crippen LogP contribution in [-0.2, 0) is 10.1 Å². The van der Waals surface area contributed by atoms with Gasteiger partial charge in [-0.15, -0.1) is 0 Å². The second kappa shape index (κ2) is 6.69. The normalized spacial score (nSPS) is 10.6. The third-order valence-electron chi connectivity index (χ3n) is 2.14. The first-order valence-electron chi connectivity index (χ1n) is 4.90. The van der Waals surface area contributed by atoms with E-state index in [1.165, 1.54) is 30.5 Å². The third kappa shape index (κ3) is 4.45. The van der Waals surface area contributed by atoms with E-state index in [2.05, 4.69) is 10.3 Å². The zero-order valence-corrected chi connectivity index (χ0v) is 13.6. The molecule has 0 saturated heterocycles. The molecule has 1 aromatic carbocycles. The molecule has 0 aliphatic rings. The summed E-state index contributed by atoms with van der Waals surface area (Å²) < 4.78 is 33.2. The Morgan fingerprint density at radius 3 is 2.53 bits per heavy atom. The van der Waals surface area contributed by atoms with Crippen LogP contribution in [0.5, 0.6) is 0 Å². The van der Waals surface area contributed by atoms with Gasteiger partial charge in [0.25, 0.3) is 0 Å². The summed E-state index contributed by atoms with van der Waals surface area (Å²) in [5, 5.41) is 3.20. The second-order valence-corrected chi connectivity index (χ2v) is 5.22. The molecule has 0 unspecified atom stereocenters. The van der Waals surface area contributed by atoms with Crippen LogP contribution in [-0.4, -0.2) is 18.0 Å². The average molecular weight is 307 g/mol. The molecule has 5 nitrogen and oxygen atoms in total. The van der Waals surface area contributed by atoms with E-state index in [0.717, 1.165) is 0 Å². The van der Waals surface area contributed by atoms with Gasteiger partial charge < -0.3 is 9.87 Å². The van der Waals surface area contributed by atoms with Crippen molar-refractivity contribution in [2.24, 2.45) is 0 Å². The van der Waals surface area contributed by atoms with Gasteiger partial charge in [-0.1, -0.05) is 23.7 Å². The molecule has 1 heterocycles. The number of pyridine rings is 1. The third-order valence-corrected chi connectivity index (χ3v) is 3.27. The number of nitrogens with one attached hydrogen (secondary N) is 1. The molecule has 0 aliphatic carbocycles. The number of hydrogen-bond donors (Lipinski definition) is 1. The molecule has 0 aliphatic heterocycles. The van der Waals surface area contributed by atoms with Crippen molar-refractivity contribution in [3.63, 3.8) is 0 Å². The van der Waals surface area contributed by atoms with Gasteiger partial charge in [-0.2, -0.15) is 0 Å². The van der Waals surface area contributed by atoms with Gasteiger partial charge in [0.05, 0.1) is 10.6 Å². The second-order valence-electron chi connectivity index (χ2n) is 3.43. The summed E-state index contributed by atoms with van der Waals surface area (Å²) in [7, 11) is -4.54. The molecule has 0 saturated carbocycles. The van der Waals surface area contributed by atoms with Gasteiger partial charge in [0.1, 0.15) is 15.9 Å². The SMILES string of the molecule is O=S(=O)([O-])c1ccccc1Nc1cc(Cl)ccn1.[Na+]. The monoisotopic (exact) mass is 306 g/mol. The van der Waals surface area contributed by atoms with E-state index in [-0.39, 0.29) is 40.1 Å². The van der Waals surface area contributed by atoms with Gasteiger partial charge in [-0.3, -0.25) is 0 Å². The zero-order chi connectivity index (χ0) is 13.2. The summed E-state index contributed by atoms with van der Waals surface area (Å²) in [6.45, 7) is 0. The first-order chi connectivity index (χ1) is 8.47. The molecule has 0 amide bonds. The largest absolute Gasteiger partial charge is 1.00 e. The van der Waals surface area contributed by atoms with E-state index >= 15 is 0 Å². The summed E-state index contributed by atoms with van der Waals surface area (Å²) >= 11 is 5.78. The molecule has 94 valence electrons. The van der Waals surface area contributed by atoms with Crippen molar-refractivity contribution in [3.8, 4) is 0 Å². The van der Waals surface area contributed by atoms with Crippen LogP contribution in [0.3, 0.4) is 0 Å². The topological polar surface area (TPSA) is 82.1 Å². The van der Waals surface area contributed by atoms with E-state index in [0.29, 0.717) is 10.8 Å². The predicted octanol–water partition coefficient (Wildman–Crippen LogP) is -0.613. The van der Waals surface area contributed by atoms with Gasteiger partial charge in [-0.05, 0) is 24.3 Å². The van der Waals surface area contributed by atoms with Crippen LogP contribution in [0.2, 0.25) is 5.02 Å². The van der Waals surface area contributed by atoms with Gasteiger partial charge in [0.15, 0.2) is 0 Å². The number of nitrogens with zero attached hydrogens (tertiary/aromatic N) is 1. The van der Waals surface area contributed by atoms with Crippen molar-refractivity contribution in [2.45, 2.75) is 4.90 Å². The van der Waals surface area contributed by atoms with Crippen LogP contribution >= 0.6 is 11.6 Å². The maximum absolute atomic E-state index is 11.1. The first-order valence-corrected chi connectivity index (χ1v) is 6.69. The fourth-order valence-corrected chi connectivity index (χ4v) is 2.19. The fraction of sp³-hybridized carbons (Fsp3) is 0. The predicted molar refractivity (Wildman–Crippen MR) is 66.9 cm³/mol. The van der Waals surface area contributed by atoms with E-state index in [1.807, 2.05) is 0 Å². The Kier molecular flexibility index (Phi) is 5.79. The molecule has 1 N–H and O–H groups in total. The molecule has 0 radical (unpaired) electrons. The standard InChI is InChI=1S/C11H9ClN2O3S.Na/c12-8-5-6-13-11(7-8)14-9-3-1-2-4-10(9)18(15,16)17;/h1-7H,(H,13,14)(H,15,16,17);/q;+1/p-1. The Hall–Kier alpha value is -0.630. The van der Waals surface area contributed by atoms with Crippen molar-refractivity contribution in [3.05, 3.63) is 47.6 Å². The minimum atomic E-state index is -4.54. The van der Waals surface area contributed by atoms with E-state index < -0.39 is 10.1 Å². The Labute approximate surface area is 138 Å². The summed E-state index contributed by atoms with van der Waals surface area (Å²) in [5.74, 6) is 0.360. The Balaban J connectivity index is 0.00000180. The molecule has 0 atom stereocenters. The zero-order valence-electron chi connectivity index (χ0n) is 10.00. The molecule has 2 aromatic rings. The van der Waals surface area contributed by atoms with Gasteiger partial charge >= 0.3 is 29.6 Å². The van der Waals surface area contributed by atoms with Crippen LogP contribution in [0.25, 0.3) is 0 Å². The van der Waals surface area contributed by atoms with Crippen LogP contribution in [0.1, 0.15) is 0 Å². The summed E-state index contributed by atoms with van der Waals surface area (Å²) in [6, 6.07) is 8.91. The fourth-order valence-electron chi connectivity index (χ4n) is 1.40. The molecule has 19 heavy (non-hydrogen) atoms. The molecule has 8 heteroatoms. The number of halogens is 1. The first kappa shape index (κ1) is 16.4. The van der Waals surface area contributed by atoms with E-state index in [9.17, 15) is 13.0 Å². The number of para-hydroxylation sites is 1. The molecular weight excluding hydrogens is 299 g/mol. The van der Waals surface area contributed by atoms with Crippen LogP contribution in [0, 0.1) is 0 Å². The van der Waals surface area contributed by atoms with Crippen molar-refractivity contribution in [1.82, 2.24) is 4.98 Å². The molecule has 1 aromatic heterocycles. The molecule has 0 fully saturated rings. The smallest absolute Gasteiger partial charge is 0.744 e. The van der Waals surface area contributed by atoms with Crippen molar-refractivity contribution in [1.29, 1.82) is 0 Å². The molecule has 0 bridgehead atoms. The van der Waals surface area contributed by atoms with E-state index in [1.54, 1.807) is 12.1 Å². The number of hydrogen-bond acceptors (Lipinski definition) is 5. The van der Waals surface area contributed by atoms with Crippen LogP contribution in [0.4, 0.5) is 11.5 Å². The molecule has 2 rings (SSSR count). The summed E-state index contributed by atoms with van der Waals surface area (Å²) in [5.41, 5.74) is 0.169. The Bertz CT molecular complexity index is 679. The Morgan fingerprint density at radius 1 is 1.21 bits per heavy atom. The van der Waals surface area contributed by atoms with Crippen LogP contribution < -0.4 is 34.9 Å². The number of rotatable bonds is 3. The maximum Gasteiger partial charge on any atom is 1.00 e. The molecule has 0 spiro atoms. The number of aromatic nitrogens is 1. The van der Waals surface area contributed by atoms with Crippen molar-refractivity contribution < 1.29 is 42.5 Å². The minimum Gasteiger partial charge on any atom is -0.744 e. The van der Waals surface area contributed by atoms with Crippen molar-refractivity contribution in [2.75, 3.05) is 5.32 Å². The van der Waals surface area contributed by atoms with Crippen LogP contribution in [0.15, 0.2) is 47.5 Å². The number of anilines is 2. The van der Waals surface area contributed by atoms with E-state index in [4.69, 9.17) is 11.6 Å². The molecular formula is C11H8ClN2NaO3S. The van der Waals surface area contributed by atoms with Gasteiger partial charge in [0, 0.05) is 11.2 Å². The maximum atomic E-state index is 11.1. The van der Waals surface area contributed by atoms with Crippen molar-refractivity contribution >= 4 is 33.2 Å². The van der Waals surface area contributed by atoms with Gasteiger partial charge in [0.2, 0.25) is 0 Å². The summed E-state index contributed by atoms with van der Waals surface area (Å²) in [4.78, 5) is 3.64. The number of benzene rings is 1.